The molecule has 1 unspecified atom stereocenters. The highest BCUT2D eigenvalue weighted by molar-refractivity contribution is 6.01. The summed E-state index contributed by atoms with van der Waals surface area (Å²) in [6.45, 7) is 5.07. The van der Waals surface area contributed by atoms with E-state index in [1.54, 1.807) is 11.9 Å². The van der Waals surface area contributed by atoms with Gasteiger partial charge in [-0.1, -0.05) is 0 Å². The number of esters is 1. The van der Waals surface area contributed by atoms with Crippen LogP contribution in [0.4, 0.5) is 0 Å². The lowest BCUT2D eigenvalue weighted by molar-refractivity contribution is -0.149. The summed E-state index contributed by atoms with van der Waals surface area (Å²) in [6, 6.07) is -1.25. The summed E-state index contributed by atoms with van der Waals surface area (Å²) < 4.78 is 4.68. The number of hydrogen-bond acceptors (Lipinski definition) is 6. The Bertz CT molecular complexity index is 277. The molecule has 98 valence electrons. The Morgan fingerprint density at radius 3 is 2.47 bits per heavy atom. The number of piperazine rings is 1. The van der Waals surface area contributed by atoms with Gasteiger partial charge >= 0.3 is 5.97 Å². The van der Waals surface area contributed by atoms with Gasteiger partial charge in [-0.05, 0) is 14.0 Å². The van der Waals surface area contributed by atoms with Crippen LogP contribution < -0.4 is 11.2 Å². The predicted molar refractivity (Wildman–Crippen MR) is 61.8 cm³/mol. The summed E-state index contributed by atoms with van der Waals surface area (Å²) >= 11 is 0. The summed E-state index contributed by atoms with van der Waals surface area (Å²) in [5.41, 5.74) is 8.09. The van der Waals surface area contributed by atoms with Crippen molar-refractivity contribution in [2.45, 2.75) is 13.0 Å². The first kappa shape index (κ1) is 13.9. The van der Waals surface area contributed by atoms with E-state index < -0.39 is 17.9 Å². The molecule has 1 heterocycles. The number of hydrazine groups is 1. The molecule has 0 aromatic heterocycles. The molecule has 0 saturated carbocycles. The van der Waals surface area contributed by atoms with E-state index in [4.69, 9.17) is 5.73 Å². The molecule has 1 fully saturated rings. The number of hydrogen-bond donors (Lipinski definition) is 2. The number of nitrogens with one attached hydrogen (secondary N) is 1. The van der Waals surface area contributed by atoms with Crippen molar-refractivity contribution in [3.05, 3.63) is 0 Å². The highest BCUT2D eigenvalue weighted by Gasteiger charge is 2.25. The highest BCUT2D eigenvalue weighted by Crippen LogP contribution is 1.96. The SMILES string of the molecule is CCOC(=O)C(N)C(=O)NN1CCN(C)CC1. The van der Waals surface area contributed by atoms with E-state index in [0.717, 1.165) is 26.2 Å². The number of nitrogens with zero attached hydrogens (tertiary/aromatic N) is 2. The molecule has 1 saturated heterocycles. The van der Waals surface area contributed by atoms with Gasteiger partial charge in [0.25, 0.3) is 5.91 Å². The fourth-order valence-corrected chi connectivity index (χ4v) is 1.48. The van der Waals surface area contributed by atoms with Crippen LogP contribution in [0.15, 0.2) is 0 Å². The second kappa shape index (κ2) is 6.53. The van der Waals surface area contributed by atoms with Crippen LogP contribution in [-0.4, -0.2) is 67.7 Å². The third-order valence-corrected chi connectivity index (χ3v) is 2.59. The smallest absolute Gasteiger partial charge is 0.332 e. The molecule has 3 N–H and O–H groups in total. The largest absolute Gasteiger partial charge is 0.464 e. The fraction of sp³-hybridized carbons (Fsp3) is 0.800. The Balaban J connectivity index is 2.35. The molecule has 0 aromatic carbocycles. The Morgan fingerprint density at radius 1 is 1.35 bits per heavy atom. The second-order valence-electron chi connectivity index (χ2n) is 4.00. The summed E-state index contributed by atoms with van der Waals surface area (Å²) in [4.78, 5) is 25.0. The maximum atomic E-state index is 11.6. The number of amides is 1. The van der Waals surface area contributed by atoms with E-state index in [0.29, 0.717) is 0 Å². The van der Waals surface area contributed by atoms with Crippen LogP contribution in [0.5, 0.6) is 0 Å². The van der Waals surface area contributed by atoms with Crippen LogP contribution >= 0.6 is 0 Å². The zero-order chi connectivity index (χ0) is 12.8. The number of carbonyl (C=O) groups is 2. The number of nitrogens with two attached hydrogens (primary N) is 1. The zero-order valence-electron chi connectivity index (χ0n) is 10.3. The maximum Gasteiger partial charge on any atom is 0.332 e. The van der Waals surface area contributed by atoms with Gasteiger partial charge in [0.15, 0.2) is 6.04 Å². The van der Waals surface area contributed by atoms with E-state index in [2.05, 4.69) is 15.1 Å². The summed E-state index contributed by atoms with van der Waals surface area (Å²) in [5.74, 6) is -1.22. The number of likely N-dealkylation sites (N-methyl/N-ethyl adjacent to an activating group) is 1. The molecule has 17 heavy (non-hydrogen) atoms. The van der Waals surface area contributed by atoms with Crippen LogP contribution in [0.2, 0.25) is 0 Å². The highest BCUT2D eigenvalue weighted by atomic mass is 16.5. The molecule has 7 nitrogen and oxygen atoms in total. The first-order valence-electron chi connectivity index (χ1n) is 5.70. The van der Waals surface area contributed by atoms with Crippen molar-refractivity contribution in [3.63, 3.8) is 0 Å². The lowest BCUT2D eigenvalue weighted by Gasteiger charge is -2.32. The minimum absolute atomic E-state index is 0.217. The van der Waals surface area contributed by atoms with Crippen LogP contribution in [0.25, 0.3) is 0 Å². The molecule has 1 aliphatic heterocycles. The van der Waals surface area contributed by atoms with Crippen LogP contribution in [-0.2, 0) is 14.3 Å². The van der Waals surface area contributed by atoms with Crippen molar-refractivity contribution in [2.75, 3.05) is 39.8 Å². The molecule has 1 atom stereocenters. The third kappa shape index (κ3) is 4.29. The maximum absolute atomic E-state index is 11.6. The van der Waals surface area contributed by atoms with Gasteiger partial charge in [-0.2, -0.15) is 0 Å². The third-order valence-electron chi connectivity index (χ3n) is 2.59. The standard InChI is InChI=1S/C10H20N4O3/c1-3-17-10(16)8(11)9(15)12-14-6-4-13(2)5-7-14/h8H,3-7,11H2,1-2H3,(H,12,15). The van der Waals surface area contributed by atoms with Gasteiger partial charge in [-0.15, -0.1) is 0 Å². The lowest BCUT2D eigenvalue weighted by atomic mass is 10.3. The van der Waals surface area contributed by atoms with Gasteiger partial charge in [0, 0.05) is 26.2 Å². The Kier molecular flexibility index (Phi) is 5.33. The first-order chi connectivity index (χ1) is 8.04. The number of carbonyl (C=O) groups excluding carboxylic acids is 2. The summed E-state index contributed by atoms with van der Waals surface area (Å²) in [7, 11) is 2.02. The molecule has 0 spiro atoms. The molecule has 0 radical (unpaired) electrons. The predicted octanol–water partition coefficient (Wildman–Crippen LogP) is -1.84. The van der Waals surface area contributed by atoms with Gasteiger partial charge < -0.3 is 15.4 Å². The Morgan fingerprint density at radius 2 is 1.94 bits per heavy atom. The molecule has 1 amide bonds. The lowest BCUT2D eigenvalue weighted by Crippen LogP contribution is -2.57. The van der Waals surface area contributed by atoms with Crippen LogP contribution in [0.1, 0.15) is 6.92 Å². The van der Waals surface area contributed by atoms with Gasteiger partial charge in [0.1, 0.15) is 0 Å². The van der Waals surface area contributed by atoms with E-state index in [1.165, 1.54) is 0 Å². The second-order valence-corrected chi connectivity index (χ2v) is 4.00. The average molecular weight is 244 g/mol. The van der Waals surface area contributed by atoms with Gasteiger partial charge in [0.05, 0.1) is 6.61 Å². The normalized spacial score (nSPS) is 19.7. The first-order valence-corrected chi connectivity index (χ1v) is 5.70. The average Bonchev–Trinajstić information content (AvgIpc) is 2.31. The molecule has 0 aliphatic carbocycles. The van der Waals surface area contributed by atoms with Crippen molar-refractivity contribution in [2.24, 2.45) is 5.73 Å². The molecule has 0 aromatic rings. The van der Waals surface area contributed by atoms with E-state index in [9.17, 15) is 9.59 Å². The minimum atomic E-state index is -1.25. The fourth-order valence-electron chi connectivity index (χ4n) is 1.48. The van der Waals surface area contributed by atoms with Crippen molar-refractivity contribution in [3.8, 4) is 0 Å². The number of ether oxygens (including phenoxy) is 1. The van der Waals surface area contributed by atoms with Crippen LogP contribution in [0, 0.1) is 0 Å². The van der Waals surface area contributed by atoms with Crippen LogP contribution in [0.3, 0.4) is 0 Å². The van der Waals surface area contributed by atoms with Gasteiger partial charge in [-0.3, -0.25) is 10.2 Å². The molecular weight excluding hydrogens is 224 g/mol. The summed E-state index contributed by atoms with van der Waals surface area (Å²) in [6.07, 6.45) is 0. The van der Waals surface area contributed by atoms with Gasteiger partial charge in [-0.25, -0.2) is 9.80 Å². The summed E-state index contributed by atoms with van der Waals surface area (Å²) in [5, 5.41) is 1.77. The van der Waals surface area contributed by atoms with E-state index in [1.807, 2.05) is 7.05 Å². The monoisotopic (exact) mass is 244 g/mol. The minimum Gasteiger partial charge on any atom is -0.464 e. The quantitative estimate of drug-likeness (QED) is 0.446. The molecule has 7 heteroatoms. The van der Waals surface area contributed by atoms with E-state index in [-0.39, 0.29) is 6.61 Å². The topological polar surface area (TPSA) is 87.9 Å². The Labute approximate surface area is 101 Å². The zero-order valence-corrected chi connectivity index (χ0v) is 10.3. The van der Waals surface area contributed by atoms with Gasteiger partial charge in [0.2, 0.25) is 0 Å². The van der Waals surface area contributed by atoms with Crippen molar-refractivity contribution in [1.82, 2.24) is 15.3 Å². The molecule has 1 aliphatic rings. The Hall–Kier alpha value is -1.18. The molecular formula is C10H20N4O3. The molecule has 1 rings (SSSR count). The number of rotatable bonds is 4. The van der Waals surface area contributed by atoms with Crippen molar-refractivity contribution >= 4 is 11.9 Å². The molecule has 0 bridgehead atoms. The van der Waals surface area contributed by atoms with E-state index >= 15 is 0 Å². The van der Waals surface area contributed by atoms with Crippen molar-refractivity contribution < 1.29 is 14.3 Å². The van der Waals surface area contributed by atoms with Crippen molar-refractivity contribution in [1.29, 1.82) is 0 Å².